The first-order chi connectivity index (χ1) is 18.0. The van der Waals surface area contributed by atoms with Gasteiger partial charge in [0, 0.05) is 44.3 Å². The van der Waals surface area contributed by atoms with Crippen LogP contribution in [0.15, 0.2) is 36.4 Å². The molecule has 1 fully saturated rings. The number of nitrogens with one attached hydrogen (secondary N) is 2. The monoisotopic (exact) mass is 560 g/mol. The minimum absolute atomic E-state index is 0.0510. The molecular weight excluding hydrogens is 532 g/mol. The third-order valence-corrected chi connectivity index (χ3v) is 6.37. The second-order valence-electron chi connectivity index (χ2n) is 8.76. The number of anilines is 2. The number of amides is 1. The molecule has 208 valence electrons. The zero-order valence-corrected chi connectivity index (χ0v) is 21.4. The molecule has 8 nitrogen and oxygen atoms in total. The summed E-state index contributed by atoms with van der Waals surface area (Å²) in [6, 6.07) is 7.81. The van der Waals surface area contributed by atoms with Crippen molar-refractivity contribution < 1.29 is 37.0 Å². The van der Waals surface area contributed by atoms with Crippen molar-refractivity contribution in [2.75, 3.05) is 56.7 Å². The van der Waals surface area contributed by atoms with Crippen molar-refractivity contribution in [2.24, 2.45) is 0 Å². The van der Waals surface area contributed by atoms with Gasteiger partial charge >= 0.3 is 12.1 Å². The van der Waals surface area contributed by atoms with E-state index in [0.29, 0.717) is 48.1 Å². The number of alkyl halides is 3. The summed E-state index contributed by atoms with van der Waals surface area (Å²) in [4.78, 5) is 28.1. The van der Waals surface area contributed by atoms with Gasteiger partial charge in [-0.1, -0.05) is 17.7 Å². The number of benzene rings is 2. The van der Waals surface area contributed by atoms with Gasteiger partial charge in [-0.15, -0.1) is 0 Å². The number of rotatable bonds is 10. The molecule has 0 bridgehead atoms. The summed E-state index contributed by atoms with van der Waals surface area (Å²) in [6.07, 6.45) is -5.09. The molecule has 1 saturated heterocycles. The summed E-state index contributed by atoms with van der Waals surface area (Å²) >= 11 is 6.17. The predicted molar refractivity (Wildman–Crippen MR) is 135 cm³/mol. The van der Waals surface area contributed by atoms with E-state index in [-0.39, 0.29) is 18.7 Å². The molecule has 1 aliphatic rings. The van der Waals surface area contributed by atoms with Gasteiger partial charge in [-0.25, -0.2) is 4.39 Å². The largest absolute Gasteiger partial charge is 0.468 e. The number of nitrogens with zero attached hydrogens (tertiary/aromatic N) is 2. The number of esters is 1. The van der Waals surface area contributed by atoms with Gasteiger partial charge in [-0.3, -0.25) is 19.8 Å². The molecule has 3 N–H and O–H groups in total. The number of halogens is 5. The maximum atomic E-state index is 14.8. The van der Waals surface area contributed by atoms with Crippen LogP contribution in [-0.2, 0) is 16.1 Å². The number of carbonyl (C=O) groups excluding carboxylic acids is 2. The summed E-state index contributed by atoms with van der Waals surface area (Å²) in [6.45, 7) is 1.15. The maximum Gasteiger partial charge on any atom is 0.390 e. The van der Waals surface area contributed by atoms with Crippen molar-refractivity contribution in [1.29, 1.82) is 0 Å². The zero-order chi connectivity index (χ0) is 27.9. The first-order valence-electron chi connectivity index (χ1n) is 11.9. The standard InChI is InChI=1S/C25H29ClF4N4O4/c1-38-24(37)21(15-35)31-14-16-2-4-18(19(27)12-16)23(36)32-20-5-3-17(26)13-22(20)34-10-8-33(9-11-34)7-6-25(28,29)30/h2-5,12-13,21,31,35H,6-11,14-15H2,1H3,(H,32,36)/t21-/m1/s1. The lowest BCUT2D eigenvalue weighted by Crippen LogP contribution is -2.47. The van der Waals surface area contributed by atoms with E-state index in [1.165, 1.54) is 19.2 Å². The van der Waals surface area contributed by atoms with Crippen molar-refractivity contribution in [3.8, 4) is 0 Å². The van der Waals surface area contributed by atoms with E-state index >= 15 is 0 Å². The fourth-order valence-corrected chi connectivity index (χ4v) is 4.18. The number of aliphatic hydroxyl groups is 1. The lowest BCUT2D eigenvalue weighted by molar-refractivity contribution is -0.144. The van der Waals surface area contributed by atoms with E-state index in [1.54, 1.807) is 23.1 Å². The van der Waals surface area contributed by atoms with Gasteiger partial charge in [-0.05, 0) is 35.9 Å². The van der Waals surface area contributed by atoms with Crippen LogP contribution in [0.3, 0.4) is 0 Å². The Bertz CT molecular complexity index is 1130. The summed E-state index contributed by atoms with van der Waals surface area (Å²) in [5.41, 5.74) is 1.20. The van der Waals surface area contributed by atoms with Crippen LogP contribution < -0.4 is 15.5 Å². The molecule has 1 aliphatic heterocycles. The van der Waals surface area contributed by atoms with Crippen molar-refractivity contribution in [3.05, 3.63) is 58.4 Å². The van der Waals surface area contributed by atoms with E-state index in [0.717, 1.165) is 6.07 Å². The third kappa shape index (κ3) is 8.29. The molecule has 0 unspecified atom stereocenters. The summed E-state index contributed by atoms with van der Waals surface area (Å²) < 4.78 is 57.0. The number of ether oxygens (including phenoxy) is 1. The van der Waals surface area contributed by atoms with Crippen molar-refractivity contribution in [3.63, 3.8) is 0 Å². The smallest absolute Gasteiger partial charge is 0.390 e. The quantitative estimate of drug-likeness (QED) is 0.303. The Morgan fingerprint density at radius 3 is 2.45 bits per heavy atom. The van der Waals surface area contributed by atoms with Crippen LogP contribution in [-0.4, -0.2) is 80.5 Å². The predicted octanol–water partition coefficient (Wildman–Crippen LogP) is 3.43. The van der Waals surface area contributed by atoms with Crippen molar-refractivity contribution >= 4 is 34.9 Å². The van der Waals surface area contributed by atoms with Gasteiger partial charge in [0.1, 0.15) is 11.9 Å². The Balaban J connectivity index is 1.66. The highest BCUT2D eigenvalue weighted by Crippen LogP contribution is 2.31. The highest BCUT2D eigenvalue weighted by Gasteiger charge is 2.29. The molecule has 0 spiro atoms. The van der Waals surface area contributed by atoms with Crippen molar-refractivity contribution in [2.45, 2.75) is 25.2 Å². The summed E-state index contributed by atoms with van der Waals surface area (Å²) in [7, 11) is 1.18. The molecule has 38 heavy (non-hydrogen) atoms. The van der Waals surface area contributed by atoms with Gasteiger partial charge in [0.25, 0.3) is 5.91 Å². The van der Waals surface area contributed by atoms with Crippen LogP contribution in [0.5, 0.6) is 0 Å². The first kappa shape index (κ1) is 29.6. The van der Waals surface area contributed by atoms with Gasteiger partial charge in [0.15, 0.2) is 0 Å². The number of hydrogen-bond acceptors (Lipinski definition) is 7. The molecule has 1 amide bonds. The first-order valence-corrected chi connectivity index (χ1v) is 12.2. The number of hydrogen-bond donors (Lipinski definition) is 3. The minimum atomic E-state index is -4.21. The molecule has 2 aromatic carbocycles. The fraction of sp³-hybridized carbons (Fsp3) is 0.440. The number of carbonyl (C=O) groups is 2. The van der Waals surface area contributed by atoms with Crippen LogP contribution >= 0.6 is 11.6 Å². The molecule has 13 heteroatoms. The Hall–Kier alpha value is -2.93. The van der Waals surface area contributed by atoms with Crippen LogP contribution in [0.2, 0.25) is 5.02 Å². The highest BCUT2D eigenvalue weighted by molar-refractivity contribution is 6.31. The number of piperazine rings is 1. The van der Waals surface area contributed by atoms with E-state index in [2.05, 4.69) is 15.4 Å². The molecule has 3 rings (SSSR count). The Morgan fingerprint density at radius 2 is 1.84 bits per heavy atom. The Labute approximate surface area is 222 Å². The molecule has 1 heterocycles. The number of aliphatic hydroxyl groups excluding tert-OH is 1. The van der Waals surface area contributed by atoms with Crippen molar-refractivity contribution in [1.82, 2.24) is 10.2 Å². The average Bonchev–Trinajstić information content (AvgIpc) is 2.88. The molecule has 0 saturated carbocycles. The van der Waals surface area contributed by atoms with Crippen LogP contribution in [0.4, 0.5) is 28.9 Å². The average molecular weight is 561 g/mol. The molecule has 1 atom stereocenters. The second-order valence-corrected chi connectivity index (χ2v) is 9.20. The van der Waals surface area contributed by atoms with Gasteiger partial charge in [0.05, 0.1) is 37.1 Å². The van der Waals surface area contributed by atoms with Gasteiger partial charge < -0.3 is 20.1 Å². The van der Waals surface area contributed by atoms with Crippen LogP contribution in [0, 0.1) is 5.82 Å². The van der Waals surface area contributed by atoms with Gasteiger partial charge in [0.2, 0.25) is 0 Å². The normalized spacial score (nSPS) is 15.3. The highest BCUT2D eigenvalue weighted by atomic mass is 35.5. The topological polar surface area (TPSA) is 94.1 Å². The van der Waals surface area contributed by atoms with Crippen LogP contribution in [0.25, 0.3) is 0 Å². The minimum Gasteiger partial charge on any atom is -0.468 e. The Kier molecular flexibility index (Phi) is 10.3. The summed E-state index contributed by atoms with van der Waals surface area (Å²) in [5.74, 6) is -2.14. The Morgan fingerprint density at radius 1 is 1.13 bits per heavy atom. The second kappa shape index (κ2) is 13.2. The SMILES string of the molecule is COC(=O)[C@@H](CO)NCc1ccc(C(=O)Nc2ccc(Cl)cc2N2CCN(CCC(F)(F)F)CC2)c(F)c1. The molecule has 0 aliphatic carbocycles. The van der Waals surface area contributed by atoms with E-state index in [4.69, 9.17) is 11.6 Å². The maximum absolute atomic E-state index is 14.8. The molecular formula is C25H29ClF4N4O4. The fourth-order valence-electron chi connectivity index (χ4n) is 4.02. The molecule has 2 aromatic rings. The molecule has 0 radical (unpaired) electrons. The molecule has 0 aromatic heterocycles. The third-order valence-electron chi connectivity index (χ3n) is 6.13. The number of methoxy groups -OCH3 is 1. The zero-order valence-electron chi connectivity index (χ0n) is 20.7. The van der Waals surface area contributed by atoms with E-state index in [9.17, 15) is 32.3 Å². The van der Waals surface area contributed by atoms with E-state index < -0.39 is 42.9 Å². The van der Waals surface area contributed by atoms with E-state index in [1.807, 2.05) is 4.90 Å². The van der Waals surface area contributed by atoms with Crippen LogP contribution in [0.1, 0.15) is 22.3 Å². The summed E-state index contributed by atoms with van der Waals surface area (Å²) in [5, 5.41) is 15.1. The lowest BCUT2D eigenvalue weighted by Gasteiger charge is -2.37. The lowest BCUT2D eigenvalue weighted by atomic mass is 10.1. The van der Waals surface area contributed by atoms with Gasteiger partial charge in [-0.2, -0.15) is 13.2 Å².